The molecule has 0 saturated carbocycles. The zero-order chi connectivity index (χ0) is 13.1. The zero-order valence-corrected chi connectivity index (χ0v) is 10.4. The van der Waals surface area contributed by atoms with Gasteiger partial charge in [-0.3, -0.25) is 0 Å². The van der Waals surface area contributed by atoms with Crippen LogP contribution in [0.4, 0.5) is 4.39 Å². The standard InChI is InChI=1S/C15H15FO2/c1-10(11-3-6-13(18-2)7-4-11)14-8-5-12(17)9-15(14)16/h3-10,17H,1-2H3/t10-/m1/s1. The van der Waals surface area contributed by atoms with E-state index >= 15 is 0 Å². The summed E-state index contributed by atoms with van der Waals surface area (Å²) >= 11 is 0. The van der Waals surface area contributed by atoms with Gasteiger partial charge in [0.1, 0.15) is 17.3 Å². The van der Waals surface area contributed by atoms with Gasteiger partial charge in [-0.1, -0.05) is 25.1 Å². The van der Waals surface area contributed by atoms with E-state index < -0.39 is 5.82 Å². The maximum absolute atomic E-state index is 13.7. The number of hydrogen-bond acceptors (Lipinski definition) is 2. The van der Waals surface area contributed by atoms with E-state index in [2.05, 4.69) is 0 Å². The summed E-state index contributed by atoms with van der Waals surface area (Å²) in [5.41, 5.74) is 1.57. The number of ether oxygens (including phenoxy) is 1. The van der Waals surface area contributed by atoms with Gasteiger partial charge in [0.25, 0.3) is 0 Å². The van der Waals surface area contributed by atoms with Gasteiger partial charge in [0.2, 0.25) is 0 Å². The fourth-order valence-corrected chi connectivity index (χ4v) is 1.94. The summed E-state index contributed by atoms with van der Waals surface area (Å²) in [5.74, 6) is 0.255. The van der Waals surface area contributed by atoms with Crippen LogP contribution in [0.15, 0.2) is 42.5 Å². The summed E-state index contributed by atoms with van der Waals surface area (Å²) in [4.78, 5) is 0. The minimum atomic E-state index is -0.390. The molecule has 0 amide bonds. The molecule has 1 atom stereocenters. The molecule has 0 bridgehead atoms. The molecule has 0 aliphatic rings. The highest BCUT2D eigenvalue weighted by Crippen LogP contribution is 2.29. The van der Waals surface area contributed by atoms with Crippen molar-refractivity contribution in [3.8, 4) is 11.5 Å². The highest BCUT2D eigenvalue weighted by atomic mass is 19.1. The fraction of sp³-hybridized carbons (Fsp3) is 0.200. The van der Waals surface area contributed by atoms with Crippen LogP contribution in [0, 0.1) is 5.82 Å². The third-order valence-electron chi connectivity index (χ3n) is 3.07. The molecular weight excluding hydrogens is 231 g/mol. The minimum absolute atomic E-state index is 0.0572. The van der Waals surface area contributed by atoms with Crippen LogP contribution in [0.25, 0.3) is 0 Å². The highest BCUT2D eigenvalue weighted by Gasteiger charge is 2.13. The van der Waals surface area contributed by atoms with Crippen molar-refractivity contribution in [3.05, 3.63) is 59.4 Å². The molecule has 2 rings (SSSR count). The maximum atomic E-state index is 13.7. The fourth-order valence-electron chi connectivity index (χ4n) is 1.94. The lowest BCUT2D eigenvalue weighted by molar-refractivity contribution is 0.414. The Bertz CT molecular complexity index is 535. The number of phenols is 1. The molecule has 0 radical (unpaired) electrons. The van der Waals surface area contributed by atoms with Gasteiger partial charge in [-0.15, -0.1) is 0 Å². The molecule has 2 nitrogen and oxygen atoms in total. The van der Waals surface area contributed by atoms with Crippen molar-refractivity contribution < 1.29 is 14.2 Å². The predicted molar refractivity (Wildman–Crippen MR) is 68.6 cm³/mol. The zero-order valence-electron chi connectivity index (χ0n) is 10.4. The molecule has 0 unspecified atom stereocenters. The van der Waals surface area contributed by atoms with Crippen molar-refractivity contribution >= 4 is 0 Å². The summed E-state index contributed by atoms with van der Waals surface area (Å²) in [7, 11) is 1.61. The first-order valence-electron chi connectivity index (χ1n) is 5.74. The Morgan fingerprint density at radius 1 is 1.11 bits per heavy atom. The first-order valence-corrected chi connectivity index (χ1v) is 5.74. The summed E-state index contributed by atoms with van der Waals surface area (Å²) in [5, 5.41) is 9.20. The number of rotatable bonds is 3. The summed E-state index contributed by atoms with van der Waals surface area (Å²) in [6, 6.07) is 11.8. The van der Waals surface area contributed by atoms with Gasteiger partial charge >= 0.3 is 0 Å². The second-order valence-corrected chi connectivity index (χ2v) is 4.20. The molecule has 0 aromatic heterocycles. The van der Waals surface area contributed by atoms with Gasteiger partial charge in [-0.2, -0.15) is 0 Å². The molecule has 0 saturated heterocycles. The van der Waals surface area contributed by atoms with Gasteiger partial charge in [-0.05, 0) is 29.3 Å². The van der Waals surface area contributed by atoms with Gasteiger partial charge in [0.15, 0.2) is 0 Å². The van der Waals surface area contributed by atoms with Crippen LogP contribution >= 0.6 is 0 Å². The molecule has 94 valence electrons. The quantitative estimate of drug-likeness (QED) is 0.895. The lowest BCUT2D eigenvalue weighted by atomic mass is 9.92. The topological polar surface area (TPSA) is 29.5 Å². The van der Waals surface area contributed by atoms with E-state index in [1.807, 2.05) is 31.2 Å². The van der Waals surface area contributed by atoms with Crippen LogP contribution in [0.3, 0.4) is 0 Å². The summed E-state index contributed by atoms with van der Waals surface area (Å²) in [6.45, 7) is 1.93. The van der Waals surface area contributed by atoms with Crippen LogP contribution in [-0.2, 0) is 0 Å². The molecule has 0 fully saturated rings. The number of aromatic hydroxyl groups is 1. The molecule has 18 heavy (non-hydrogen) atoms. The van der Waals surface area contributed by atoms with E-state index in [4.69, 9.17) is 4.74 Å². The molecule has 0 heterocycles. The van der Waals surface area contributed by atoms with Crippen molar-refractivity contribution in [1.29, 1.82) is 0 Å². The third-order valence-corrected chi connectivity index (χ3v) is 3.07. The Balaban J connectivity index is 2.31. The monoisotopic (exact) mass is 246 g/mol. The second kappa shape index (κ2) is 5.08. The Morgan fingerprint density at radius 2 is 1.78 bits per heavy atom. The molecule has 3 heteroatoms. The molecule has 2 aromatic carbocycles. The summed E-state index contributed by atoms with van der Waals surface area (Å²) < 4.78 is 18.8. The van der Waals surface area contributed by atoms with E-state index in [0.717, 1.165) is 17.4 Å². The highest BCUT2D eigenvalue weighted by molar-refractivity contribution is 5.38. The van der Waals surface area contributed by atoms with Crippen LogP contribution in [0.1, 0.15) is 24.0 Å². The van der Waals surface area contributed by atoms with Gasteiger partial charge in [0, 0.05) is 12.0 Å². The average molecular weight is 246 g/mol. The van der Waals surface area contributed by atoms with Gasteiger partial charge in [0.05, 0.1) is 7.11 Å². The van der Waals surface area contributed by atoms with Crippen molar-refractivity contribution in [1.82, 2.24) is 0 Å². The molecule has 1 N–H and O–H groups in total. The van der Waals surface area contributed by atoms with E-state index in [1.165, 1.54) is 6.07 Å². The van der Waals surface area contributed by atoms with Crippen LogP contribution < -0.4 is 4.74 Å². The predicted octanol–water partition coefficient (Wildman–Crippen LogP) is 3.69. The van der Waals surface area contributed by atoms with Crippen molar-refractivity contribution in [2.75, 3.05) is 7.11 Å². The number of phenolic OH excluding ortho intramolecular Hbond substituents is 1. The lowest BCUT2D eigenvalue weighted by Crippen LogP contribution is -1.99. The molecule has 2 aromatic rings. The van der Waals surface area contributed by atoms with E-state index in [1.54, 1.807) is 13.2 Å². The lowest BCUT2D eigenvalue weighted by Gasteiger charge is -2.14. The molecule has 0 aliphatic carbocycles. The van der Waals surface area contributed by atoms with Crippen LogP contribution in [0.2, 0.25) is 0 Å². The number of benzene rings is 2. The third kappa shape index (κ3) is 2.45. The van der Waals surface area contributed by atoms with Gasteiger partial charge in [-0.25, -0.2) is 4.39 Å². The van der Waals surface area contributed by atoms with E-state index in [-0.39, 0.29) is 11.7 Å². The molecule has 0 aliphatic heterocycles. The van der Waals surface area contributed by atoms with Crippen molar-refractivity contribution in [3.63, 3.8) is 0 Å². The SMILES string of the molecule is COc1ccc([C@@H](C)c2ccc(O)cc2F)cc1. The first kappa shape index (κ1) is 12.4. The number of hydrogen-bond donors (Lipinski definition) is 1. The van der Waals surface area contributed by atoms with Gasteiger partial charge < -0.3 is 9.84 Å². The maximum Gasteiger partial charge on any atom is 0.130 e. The molecular formula is C15H15FO2. The summed E-state index contributed by atoms with van der Waals surface area (Å²) in [6.07, 6.45) is 0. The number of methoxy groups -OCH3 is 1. The van der Waals surface area contributed by atoms with E-state index in [9.17, 15) is 9.50 Å². The largest absolute Gasteiger partial charge is 0.508 e. The Labute approximate surface area is 106 Å². The normalized spacial score (nSPS) is 12.2. The Kier molecular flexibility index (Phi) is 3.51. The minimum Gasteiger partial charge on any atom is -0.508 e. The molecule has 0 spiro atoms. The van der Waals surface area contributed by atoms with Crippen LogP contribution in [0.5, 0.6) is 11.5 Å². The Morgan fingerprint density at radius 3 is 2.33 bits per heavy atom. The number of halogens is 1. The van der Waals surface area contributed by atoms with Crippen molar-refractivity contribution in [2.45, 2.75) is 12.8 Å². The average Bonchev–Trinajstić information content (AvgIpc) is 2.38. The first-order chi connectivity index (χ1) is 8.61. The van der Waals surface area contributed by atoms with Crippen LogP contribution in [-0.4, -0.2) is 12.2 Å². The Hall–Kier alpha value is -2.03. The smallest absolute Gasteiger partial charge is 0.130 e. The van der Waals surface area contributed by atoms with E-state index in [0.29, 0.717) is 5.56 Å². The van der Waals surface area contributed by atoms with Crippen molar-refractivity contribution in [2.24, 2.45) is 0 Å². The second-order valence-electron chi connectivity index (χ2n) is 4.20.